The Morgan fingerprint density at radius 3 is 2.60 bits per heavy atom. The van der Waals surface area contributed by atoms with Crippen LogP contribution in [0, 0.1) is 0 Å². The lowest BCUT2D eigenvalue weighted by Gasteiger charge is -1.91. The largest absolute Gasteiger partial charge is 0.151 e. The van der Waals surface area contributed by atoms with E-state index in [1.165, 1.54) is 0 Å². The molecule has 0 saturated heterocycles. The van der Waals surface area contributed by atoms with Crippen LogP contribution in [0.4, 0.5) is 5.69 Å². The molecule has 0 aliphatic carbocycles. The lowest BCUT2D eigenvalue weighted by molar-refractivity contribution is 1.17. The summed E-state index contributed by atoms with van der Waals surface area (Å²) < 4.78 is 0. The maximum absolute atomic E-state index is 4.08. The summed E-state index contributed by atoms with van der Waals surface area (Å²) in [5.74, 6) is 0. The molecule has 0 aliphatic heterocycles. The first-order valence-electron chi connectivity index (χ1n) is 4.79. The number of rotatable bonds is 4. The van der Waals surface area contributed by atoms with E-state index in [4.69, 9.17) is 0 Å². The molecule has 0 aromatic heterocycles. The van der Waals surface area contributed by atoms with Crippen LogP contribution in [0.15, 0.2) is 77.1 Å². The molecule has 0 bridgehead atoms. The third-order valence-corrected chi connectivity index (χ3v) is 1.71. The van der Waals surface area contributed by atoms with Crippen molar-refractivity contribution in [1.82, 2.24) is 0 Å². The van der Waals surface area contributed by atoms with Crippen molar-refractivity contribution in [2.75, 3.05) is 0 Å². The first kappa shape index (κ1) is 11.1. The topological polar surface area (TPSA) is 24.7 Å². The Morgan fingerprint density at radius 1 is 1.27 bits per heavy atom. The van der Waals surface area contributed by atoms with E-state index in [1.807, 2.05) is 55.5 Å². The molecule has 0 unspecified atom stereocenters. The van der Waals surface area contributed by atoms with Gasteiger partial charge in [-0.2, -0.15) is 10.2 Å². The van der Waals surface area contributed by atoms with Gasteiger partial charge in [-0.05, 0) is 31.2 Å². The second-order valence-corrected chi connectivity index (χ2v) is 2.86. The Labute approximate surface area is 90.4 Å². The molecule has 2 heteroatoms. The van der Waals surface area contributed by atoms with Crippen molar-refractivity contribution in [3.63, 3.8) is 0 Å². The van der Waals surface area contributed by atoms with Crippen LogP contribution < -0.4 is 0 Å². The second-order valence-electron chi connectivity index (χ2n) is 2.86. The van der Waals surface area contributed by atoms with Gasteiger partial charge in [-0.25, -0.2) is 0 Å². The van der Waals surface area contributed by atoms with Crippen LogP contribution in [-0.4, -0.2) is 0 Å². The van der Waals surface area contributed by atoms with E-state index < -0.39 is 0 Å². The molecule has 1 aromatic rings. The van der Waals surface area contributed by atoms with E-state index in [0.717, 1.165) is 11.4 Å². The van der Waals surface area contributed by atoms with Gasteiger partial charge in [0, 0.05) is 0 Å². The summed E-state index contributed by atoms with van der Waals surface area (Å²) in [4.78, 5) is 0. The molecule has 0 fully saturated rings. The molecule has 15 heavy (non-hydrogen) atoms. The number of benzene rings is 1. The van der Waals surface area contributed by atoms with Crippen LogP contribution in [0.2, 0.25) is 0 Å². The zero-order chi connectivity index (χ0) is 10.9. The van der Waals surface area contributed by atoms with Gasteiger partial charge in [-0.15, -0.1) is 0 Å². The fraction of sp³-hybridized carbons (Fsp3) is 0.0769. The molecule has 1 rings (SSSR count). The number of nitrogens with zero attached hydrogens (tertiary/aromatic N) is 2. The average Bonchev–Trinajstić information content (AvgIpc) is 2.31. The van der Waals surface area contributed by atoms with Gasteiger partial charge in [-0.3, -0.25) is 0 Å². The van der Waals surface area contributed by atoms with Crippen LogP contribution in [0.25, 0.3) is 0 Å². The molecular formula is C13H14N2. The molecule has 1 aromatic carbocycles. The molecule has 0 aliphatic rings. The van der Waals surface area contributed by atoms with Crippen LogP contribution >= 0.6 is 0 Å². The summed E-state index contributed by atoms with van der Waals surface area (Å²) in [6.45, 7) is 5.62. The summed E-state index contributed by atoms with van der Waals surface area (Å²) in [5, 5.41) is 8.15. The van der Waals surface area contributed by atoms with E-state index in [1.54, 1.807) is 6.08 Å². The summed E-state index contributed by atoms with van der Waals surface area (Å²) >= 11 is 0. The van der Waals surface area contributed by atoms with Gasteiger partial charge in [0.25, 0.3) is 0 Å². The number of hydrogen-bond acceptors (Lipinski definition) is 2. The van der Waals surface area contributed by atoms with Crippen LogP contribution in [0.3, 0.4) is 0 Å². The van der Waals surface area contributed by atoms with Crippen LogP contribution in [0.1, 0.15) is 6.92 Å². The molecule has 0 atom stereocenters. The standard InChI is InChI=1S/C13H14N2/c1-3-5-9-12(4-2)14-15-13-10-7-6-8-11-13/h3-11H,2H2,1H3/b5-3-,12-9+,15-14+. The Bertz CT molecular complexity index is 386. The molecule has 0 heterocycles. The van der Waals surface area contributed by atoms with Gasteiger partial charge in [-0.1, -0.05) is 36.9 Å². The molecule has 2 nitrogen and oxygen atoms in total. The first-order valence-corrected chi connectivity index (χ1v) is 4.79. The highest BCUT2D eigenvalue weighted by Gasteiger charge is 1.86. The SMILES string of the molecule is C=CC(=C\C=C/C)/N=N/c1ccccc1. The highest BCUT2D eigenvalue weighted by molar-refractivity contribution is 5.35. The molecule has 0 saturated carbocycles. The highest BCUT2D eigenvalue weighted by Crippen LogP contribution is 2.12. The predicted molar refractivity (Wildman–Crippen MR) is 64.1 cm³/mol. The molecular weight excluding hydrogens is 184 g/mol. The van der Waals surface area contributed by atoms with E-state index in [9.17, 15) is 0 Å². The summed E-state index contributed by atoms with van der Waals surface area (Å²) in [6.07, 6.45) is 7.37. The van der Waals surface area contributed by atoms with Crippen molar-refractivity contribution in [2.45, 2.75) is 6.92 Å². The zero-order valence-electron chi connectivity index (χ0n) is 8.80. The van der Waals surface area contributed by atoms with Gasteiger partial charge in [0.15, 0.2) is 0 Å². The molecule has 0 spiro atoms. The van der Waals surface area contributed by atoms with E-state index >= 15 is 0 Å². The van der Waals surface area contributed by atoms with Gasteiger partial charge >= 0.3 is 0 Å². The minimum absolute atomic E-state index is 0.747. The molecule has 0 radical (unpaired) electrons. The summed E-state index contributed by atoms with van der Waals surface area (Å²) in [5.41, 5.74) is 1.59. The normalized spacial score (nSPS) is 12.5. The van der Waals surface area contributed by atoms with E-state index in [2.05, 4.69) is 16.8 Å². The van der Waals surface area contributed by atoms with Gasteiger partial charge in [0.2, 0.25) is 0 Å². The molecule has 0 amide bonds. The summed E-state index contributed by atoms with van der Waals surface area (Å²) in [6, 6.07) is 9.61. The maximum atomic E-state index is 4.08. The third kappa shape index (κ3) is 4.18. The number of allylic oxidation sites excluding steroid dienone is 4. The monoisotopic (exact) mass is 198 g/mol. The van der Waals surface area contributed by atoms with Crippen LogP contribution in [0.5, 0.6) is 0 Å². The maximum Gasteiger partial charge on any atom is 0.0857 e. The first-order chi connectivity index (χ1) is 7.36. The minimum atomic E-state index is 0.747. The van der Waals surface area contributed by atoms with Crippen molar-refractivity contribution < 1.29 is 0 Å². The Morgan fingerprint density at radius 2 is 2.00 bits per heavy atom. The molecule has 0 N–H and O–H groups in total. The Hall–Kier alpha value is -1.96. The van der Waals surface area contributed by atoms with Crippen molar-refractivity contribution in [3.05, 3.63) is 66.9 Å². The predicted octanol–water partition coefficient (Wildman–Crippen LogP) is 4.42. The highest BCUT2D eigenvalue weighted by atomic mass is 15.1. The Balaban J connectivity index is 2.75. The fourth-order valence-electron chi connectivity index (χ4n) is 0.947. The lowest BCUT2D eigenvalue weighted by Crippen LogP contribution is -1.68. The zero-order valence-corrected chi connectivity index (χ0v) is 8.80. The number of azo groups is 1. The van der Waals surface area contributed by atoms with Crippen molar-refractivity contribution in [2.24, 2.45) is 10.2 Å². The van der Waals surface area contributed by atoms with Gasteiger partial charge in [0.05, 0.1) is 11.4 Å². The van der Waals surface area contributed by atoms with Crippen molar-refractivity contribution in [1.29, 1.82) is 0 Å². The minimum Gasteiger partial charge on any atom is -0.151 e. The lowest BCUT2D eigenvalue weighted by atomic mass is 10.3. The average molecular weight is 198 g/mol. The quantitative estimate of drug-likeness (QED) is 0.505. The van der Waals surface area contributed by atoms with Crippen molar-refractivity contribution >= 4 is 5.69 Å². The van der Waals surface area contributed by atoms with Gasteiger partial charge < -0.3 is 0 Å². The third-order valence-electron chi connectivity index (χ3n) is 1.71. The van der Waals surface area contributed by atoms with E-state index in [-0.39, 0.29) is 0 Å². The fourth-order valence-corrected chi connectivity index (χ4v) is 0.947. The van der Waals surface area contributed by atoms with Gasteiger partial charge in [0.1, 0.15) is 0 Å². The van der Waals surface area contributed by atoms with Crippen LogP contribution in [-0.2, 0) is 0 Å². The smallest absolute Gasteiger partial charge is 0.0857 e. The number of hydrogen-bond donors (Lipinski definition) is 0. The summed E-state index contributed by atoms with van der Waals surface area (Å²) in [7, 11) is 0. The second kappa shape index (κ2) is 6.49. The molecule has 76 valence electrons. The van der Waals surface area contributed by atoms with Crippen molar-refractivity contribution in [3.8, 4) is 0 Å². The Kier molecular flexibility index (Phi) is 4.81. The van der Waals surface area contributed by atoms with E-state index in [0.29, 0.717) is 0 Å².